The van der Waals surface area contributed by atoms with E-state index < -0.39 is 47.1 Å². The number of carboxylic acids is 1. The highest BCUT2D eigenvalue weighted by atomic mass is 32.2. The molecule has 0 radical (unpaired) electrons. The number of carbonyl (C=O) groups is 1. The molecule has 1 aliphatic carbocycles. The number of halogens is 1. The van der Waals surface area contributed by atoms with Crippen molar-refractivity contribution in [3.63, 3.8) is 0 Å². The number of aliphatic hydroxyl groups is 2. The standard InChI is InChI=1S/C24H44FN3O7S/c1-15(2)22-20(11-10-18(29)12-19(30)13-21(31)32)23(16-6-8-17(25)9-7-16)28(14-35-4)24(26-22)27(3)36(5,33)34/h10-11,15-20,22-24,26,29-30H,6-9,12-14H2,1-5H3,(H,31,32)/b11-10+/t16?,17?,18?,19-,20?,22?,23?,24?/m1/s1. The molecule has 36 heavy (non-hydrogen) atoms. The summed E-state index contributed by atoms with van der Waals surface area (Å²) < 4.78 is 45.9. The molecule has 2 rings (SSSR count). The highest BCUT2D eigenvalue weighted by Crippen LogP contribution is 2.40. The average Bonchev–Trinajstić information content (AvgIpc) is 2.76. The SMILES string of the molecule is COCN1C(C2CCC(F)CC2)C(/C=C/C(O)C[C@@H](O)CC(=O)O)C(C(C)C)NC1N(C)S(C)(=O)=O. The van der Waals surface area contributed by atoms with Crippen LogP contribution in [-0.2, 0) is 19.6 Å². The molecular weight excluding hydrogens is 493 g/mol. The molecule has 1 heterocycles. The van der Waals surface area contributed by atoms with Crippen LogP contribution in [0, 0.1) is 17.8 Å². The number of aliphatic hydroxyl groups excluding tert-OH is 2. The predicted molar refractivity (Wildman–Crippen MR) is 134 cm³/mol. The van der Waals surface area contributed by atoms with Gasteiger partial charge in [0.05, 0.1) is 24.9 Å². The van der Waals surface area contributed by atoms with E-state index in [1.807, 2.05) is 24.8 Å². The third-order valence-corrected chi connectivity index (χ3v) is 8.62. The lowest BCUT2D eigenvalue weighted by molar-refractivity contribution is -0.139. The van der Waals surface area contributed by atoms with E-state index in [-0.39, 0.29) is 43.0 Å². The second kappa shape index (κ2) is 13.6. The summed E-state index contributed by atoms with van der Waals surface area (Å²) in [7, 11) is -0.491. The molecule has 0 aromatic rings. The Morgan fingerprint density at radius 3 is 2.36 bits per heavy atom. The van der Waals surface area contributed by atoms with E-state index in [1.165, 1.54) is 11.4 Å². The van der Waals surface area contributed by atoms with Gasteiger partial charge in [0.2, 0.25) is 10.0 Å². The Balaban J connectivity index is 2.45. The lowest BCUT2D eigenvalue weighted by Crippen LogP contribution is -2.72. The van der Waals surface area contributed by atoms with Gasteiger partial charge in [-0.15, -0.1) is 0 Å². The number of ether oxygens (including phenoxy) is 1. The molecule has 6 atom stereocenters. The number of aliphatic carboxylic acids is 1. The van der Waals surface area contributed by atoms with E-state index in [2.05, 4.69) is 5.32 Å². The summed E-state index contributed by atoms with van der Waals surface area (Å²) in [5, 5.41) is 32.8. The molecule has 1 aliphatic heterocycles. The molecule has 2 aliphatic rings. The number of alkyl halides is 1. The van der Waals surface area contributed by atoms with E-state index in [0.717, 1.165) is 6.26 Å². The zero-order valence-electron chi connectivity index (χ0n) is 22.0. The second-order valence-electron chi connectivity index (χ2n) is 10.5. The molecule has 0 aromatic carbocycles. The summed E-state index contributed by atoms with van der Waals surface area (Å²) in [5.41, 5.74) is 0. The molecular formula is C24H44FN3O7S. The molecule has 0 aromatic heterocycles. The van der Waals surface area contributed by atoms with Crippen molar-refractivity contribution in [3.05, 3.63) is 12.2 Å². The summed E-state index contributed by atoms with van der Waals surface area (Å²) >= 11 is 0. The van der Waals surface area contributed by atoms with Gasteiger partial charge in [-0.05, 0) is 37.5 Å². The van der Waals surface area contributed by atoms with Crippen LogP contribution in [0.5, 0.6) is 0 Å². The number of sulfonamides is 1. The van der Waals surface area contributed by atoms with E-state index in [9.17, 15) is 27.8 Å². The van der Waals surface area contributed by atoms with Crippen molar-refractivity contribution < 1.29 is 37.7 Å². The van der Waals surface area contributed by atoms with Crippen LogP contribution in [0.4, 0.5) is 4.39 Å². The Labute approximate surface area is 214 Å². The molecule has 12 heteroatoms. The third-order valence-electron chi connectivity index (χ3n) is 7.38. The van der Waals surface area contributed by atoms with Crippen LogP contribution >= 0.6 is 0 Å². The maximum atomic E-state index is 14.0. The number of hydrogen-bond donors (Lipinski definition) is 4. The largest absolute Gasteiger partial charge is 0.481 e. The van der Waals surface area contributed by atoms with Crippen molar-refractivity contribution >= 4 is 16.0 Å². The quantitative estimate of drug-likeness (QED) is 0.272. The summed E-state index contributed by atoms with van der Waals surface area (Å²) in [5.74, 6) is -1.16. The number of nitrogens with zero attached hydrogens (tertiary/aromatic N) is 2. The number of hydrogen-bond acceptors (Lipinski definition) is 8. The minimum absolute atomic E-state index is 0.0790. The van der Waals surface area contributed by atoms with E-state index in [1.54, 1.807) is 13.2 Å². The van der Waals surface area contributed by atoms with Gasteiger partial charge in [0.25, 0.3) is 0 Å². The minimum Gasteiger partial charge on any atom is -0.481 e. The zero-order valence-corrected chi connectivity index (χ0v) is 22.8. The number of nitrogens with one attached hydrogen (secondary N) is 1. The number of rotatable bonds is 12. The molecule has 0 amide bonds. The van der Waals surface area contributed by atoms with Crippen molar-refractivity contribution in [1.29, 1.82) is 0 Å². The van der Waals surface area contributed by atoms with Gasteiger partial charge in [0, 0.05) is 38.6 Å². The first-order valence-electron chi connectivity index (χ1n) is 12.6. The Bertz CT molecular complexity index is 836. The highest BCUT2D eigenvalue weighted by molar-refractivity contribution is 7.88. The third kappa shape index (κ3) is 8.44. The lowest BCUT2D eigenvalue weighted by atomic mass is 9.72. The first-order chi connectivity index (χ1) is 16.8. The summed E-state index contributed by atoms with van der Waals surface area (Å²) in [6.07, 6.45) is 2.45. The summed E-state index contributed by atoms with van der Waals surface area (Å²) in [4.78, 5) is 12.8. The summed E-state index contributed by atoms with van der Waals surface area (Å²) in [6, 6.07) is -0.375. The predicted octanol–water partition coefficient (Wildman–Crippen LogP) is 1.35. The van der Waals surface area contributed by atoms with Crippen LogP contribution in [0.25, 0.3) is 0 Å². The summed E-state index contributed by atoms with van der Waals surface area (Å²) in [6.45, 7) is 4.21. The monoisotopic (exact) mass is 537 g/mol. The molecule has 2 fully saturated rings. The Kier molecular flexibility index (Phi) is 11.7. The van der Waals surface area contributed by atoms with Crippen LogP contribution in [-0.4, -0.2) is 103 Å². The average molecular weight is 538 g/mol. The number of carboxylic acid groups (broad SMARTS) is 1. The van der Waals surface area contributed by atoms with Crippen molar-refractivity contribution in [1.82, 2.24) is 14.5 Å². The van der Waals surface area contributed by atoms with Crippen molar-refractivity contribution in [3.8, 4) is 0 Å². The Morgan fingerprint density at radius 1 is 1.25 bits per heavy atom. The Hall–Kier alpha value is -1.15. The van der Waals surface area contributed by atoms with Crippen LogP contribution in [0.15, 0.2) is 12.2 Å². The number of methoxy groups -OCH3 is 1. The molecule has 10 nitrogen and oxygen atoms in total. The fourth-order valence-corrected chi connectivity index (χ4v) is 6.10. The highest BCUT2D eigenvalue weighted by Gasteiger charge is 2.48. The maximum Gasteiger partial charge on any atom is 0.305 e. The van der Waals surface area contributed by atoms with Gasteiger partial charge < -0.3 is 20.1 Å². The molecule has 5 unspecified atom stereocenters. The molecule has 1 saturated carbocycles. The van der Waals surface area contributed by atoms with Gasteiger partial charge in [-0.3, -0.25) is 10.1 Å². The van der Waals surface area contributed by atoms with Crippen molar-refractivity contribution in [2.24, 2.45) is 17.8 Å². The Morgan fingerprint density at radius 2 is 1.86 bits per heavy atom. The van der Waals surface area contributed by atoms with Crippen molar-refractivity contribution in [2.45, 2.75) is 89.1 Å². The van der Waals surface area contributed by atoms with E-state index >= 15 is 0 Å². The van der Waals surface area contributed by atoms with Gasteiger partial charge in [-0.1, -0.05) is 26.0 Å². The van der Waals surface area contributed by atoms with E-state index in [4.69, 9.17) is 9.84 Å². The molecule has 4 N–H and O–H groups in total. The van der Waals surface area contributed by atoms with Gasteiger partial charge in [-0.25, -0.2) is 17.7 Å². The normalized spacial score (nSPS) is 32.3. The van der Waals surface area contributed by atoms with Gasteiger partial charge >= 0.3 is 5.97 Å². The minimum atomic E-state index is -3.55. The van der Waals surface area contributed by atoms with Crippen LogP contribution in [0.1, 0.15) is 52.4 Å². The van der Waals surface area contributed by atoms with Gasteiger partial charge in [-0.2, -0.15) is 4.31 Å². The zero-order chi connectivity index (χ0) is 27.2. The fraction of sp³-hybridized carbons (Fsp3) is 0.875. The lowest BCUT2D eigenvalue weighted by Gasteiger charge is -2.55. The smallest absolute Gasteiger partial charge is 0.305 e. The van der Waals surface area contributed by atoms with Gasteiger partial charge in [0.15, 0.2) is 0 Å². The van der Waals surface area contributed by atoms with Crippen LogP contribution in [0.3, 0.4) is 0 Å². The van der Waals surface area contributed by atoms with Crippen LogP contribution in [0.2, 0.25) is 0 Å². The van der Waals surface area contributed by atoms with Crippen LogP contribution < -0.4 is 5.32 Å². The first-order valence-corrected chi connectivity index (χ1v) is 14.4. The molecule has 210 valence electrons. The molecule has 1 saturated heterocycles. The van der Waals surface area contributed by atoms with Gasteiger partial charge in [0.1, 0.15) is 19.2 Å². The fourth-order valence-electron chi connectivity index (χ4n) is 5.55. The second-order valence-corrected chi connectivity index (χ2v) is 12.6. The molecule has 0 bridgehead atoms. The maximum absolute atomic E-state index is 14.0. The first kappa shape index (κ1) is 31.1. The van der Waals surface area contributed by atoms with E-state index in [0.29, 0.717) is 25.7 Å². The topological polar surface area (TPSA) is 140 Å². The van der Waals surface area contributed by atoms with Crippen molar-refractivity contribution in [2.75, 3.05) is 27.1 Å². The molecule has 0 spiro atoms.